The van der Waals surface area contributed by atoms with Crippen molar-refractivity contribution in [1.29, 1.82) is 0 Å². The van der Waals surface area contributed by atoms with Gasteiger partial charge in [0.1, 0.15) is 0 Å². The van der Waals surface area contributed by atoms with Gasteiger partial charge in [-0.3, -0.25) is 15.0 Å². The van der Waals surface area contributed by atoms with Gasteiger partial charge >= 0.3 is 0 Å². The molecule has 0 N–H and O–H groups in total. The highest BCUT2D eigenvalue weighted by molar-refractivity contribution is 6.11. The number of nitrogens with zero attached hydrogens (tertiary/aromatic N) is 4. The molecule has 0 saturated carbocycles. The van der Waals surface area contributed by atoms with Gasteiger partial charge in [-0.25, -0.2) is 0 Å². The van der Waals surface area contributed by atoms with Gasteiger partial charge in [0.15, 0.2) is 0 Å². The van der Waals surface area contributed by atoms with E-state index < -0.39 is 0 Å². The first kappa shape index (κ1) is 17.5. The lowest BCUT2D eigenvalue weighted by Gasteiger charge is -2.08. The maximum atomic E-state index is 4.20. The van der Waals surface area contributed by atoms with E-state index in [-0.39, 0.29) is 0 Å². The van der Waals surface area contributed by atoms with Crippen molar-refractivity contribution < 1.29 is 0 Å². The summed E-state index contributed by atoms with van der Waals surface area (Å²) in [6, 6.07) is 25.6. The summed E-state index contributed by atoms with van der Waals surface area (Å²) in [7, 11) is 0. The predicted molar refractivity (Wildman–Crippen MR) is 125 cm³/mol. The number of hydrogen-bond acceptors (Lipinski definition) is 3. The second-order valence-corrected chi connectivity index (χ2v) is 7.48. The molecule has 0 bridgehead atoms. The van der Waals surface area contributed by atoms with Crippen LogP contribution in [0.1, 0.15) is 0 Å². The number of hydrogen-bond donors (Lipinski definition) is 0. The Labute approximate surface area is 179 Å². The van der Waals surface area contributed by atoms with Crippen LogP contribution in [0, 0.1) is 0 Å². The third-order valence-electron chi connectivity index (χ3n) is 5.71. The first-order valence-electron chi connectivity index (χ1n) is 10.2. The summed E-state index contributed by atoms with van der Waals surface area (Å²) >= 11 is 0. The van der Waals surface area contributed by atoms with Crippen molar-refractivity contribution in [3.8, 4) is 27.9 Å². The molecule has 0 aliphatic carbocycles. The molecule has 0 aliphatic rings. The zero-order valence-electron chi connectivity index (χ0n) is 16.7. The molecule has 4 heterocycles. The Morgan fingerprint density at radius 2 is 0.839 bits per heavy atom. The summed E-state index contributed by atoms with van der Waals surface area (Å²) in [6.45, 7) is 0. The summed E-state index contributed by atoms with van der Waals surface area (Å²) in [6.07, 6.45) is 11.0. The van der Waals surface area contributed by atoms with Gasteiger partial charge in [0.2, 0.25) is 0 Å². The van der Waals surface area contributed by atoms with Crippen LogP contribution in [0.4, 0.5) is 0 Å². The molecule has 146 valence electrons. The van der Waals surface area contributed by atoms with E-state index in [0.29, 0.717) is 0 Å². The molecule has 6 rings (SSSR count). The quantitative estimate of drug-likeness (QED) is 0.351. The monoisotopic (exact) mass is 398 g/mol. The third kappa shape index (κ3) is 2.97. The van der Waals surface area contributed by atoms with E-state index in [9.17, 15) is 0 Å². The van der Waals surface area contributed by atoms with Crippen LogP contribution in [0.25, 0.3) is 49.7 Å². The van der Waals surface area contributed by atoms with Gasteiger partial charge in [0.25, 0.3) is 0 Å². The van der Waals surface area contributed by atoms with Crippen LogP contribution < -0.4 is 0 Å². The summed E-state index contributed by atoms with van der Waals surface area (Å²) in [5, 5.41) is 2.44. The maximum absolute atomic E-state index is 4.20. The van der Waals surface area contributed by atoms with E-state index in [1.807, 2.05) is 73.6 Å². The molecule has 6 aromatic rings. The number of fused-ring (bicyclic) bond motifs is 3. The van der Waals surface area contributed by atoms with Crippen LogP contribution >= 0.6 is 0 Å². The zero-order chi connectivity index (χ0) is 20.6. The molecule has 4 aromatic heterocycles. The highest BCUT2D eigenvalue weighted by Crippen LogP contribution is 2.36. The van der Waals surface area contributed by atoms with E-state index in [1.54, 1.807) is 0 Å². The van der Waals surface area contributed by atoms with Crippen LogP contribution in [-0.2, 0) is 0 Å². The van der Waals surface area contributed by atoms with Gasteiger partial charge in [0, 0.05) is 53.6 Å². The topological polar surface area (TPSA) is 43.6 Å². The van der Waals surface area contributed by atoms with Gasteiger partial charge in [-0.15, -0.1) is 0 Å². The minimum absolute atomic E-state index is 1.10. The molecule has 0 spiro atoms. The molecule has 0 fully saturated rings. The van der Waals surface area contributed by atoms with Crippen LogP contribution in [0.2, 0.25) is 0 Å². The van der Waals surface area contributed by atoms with E-state index in [1.165, 1.54) is 32.9 Å². The Hall–Kier alpha value is -4.31. The molecule has 31 heavy (non-hydrogen) atoms. The Bertz CT molecular complexity index is 1410. The van der Waals surface area contributed by atoms with E-state index in [4.69, 9.17) is 0 Å². The summed E-state index contributed by atoms with van der Waals surface area (Å²) in [4.78, 5) is 12.5. The van der Waals surface area contributed by atoms with Gasteiger partial charge in [-0.05, 0) is 82.9 Å². The maximum Gasteiger partial charge on any atom is 0.0541 e. The molecule has 2 aromatic carbocycles. The summed E-state index contributed by atoms with van der Waals surface area (Å²) in [5.41, 5.74) is 8.12. The predicted octanol–water partition coefficient (Wildman–Crippen LogP) is 6.30. The average Bonchev–Trinajstić information content (AvgIpc) is 3.18. The van der Waals surface area contributed by atoms with Crippen molar-refractivity contribution in [3.05, 3.63) is 110 Å². The summed E-state index contributed by atoms with van der Waals surface area (Å²) < 4.78 is 2.30. The molecule has 4 nitrogen and oxygen atoms in total. The minimum Gasteiger partial charge on any atom is -0.309 e. The fourth-order valence-electron chi connectivity index (χ4n) is 4.24. The van der Waals surface area contributed by atoms with Gasteiger partial charge in [-0.1, -0.05) is 12.1 Å². The molecule has 0 aliphatic heterocycles. The second kappa shape index (κ2) is 7.18. The highest BCUT2D eigenvalue weighted by atomic mass is 15.0. The number of pyridine rings is 3. The zero-order valence-corrected chi connectivity index (χ0v) is 16.7. The van der Waals surface area contributed by atoms with Crippen molar-refractivity contribution in [2.45, 2.75) is 0 Å². The van der Waals surface area contributed by atoms with Crippen LogP contribution in [0.3, 0.4) is 0 Å². The van der Waals surface area contributed by atoms with E-state index in [0.717, 1.165) is 16.8 Å². The Balaban J connectivity index is 1.67. The Kier molecular flexibility index (Phi) is 4.06. The number of rotatable bonds is 3. The lowest BCUT2D eigenvalue weighted by atomic mass is 10.0. The van der Waals surface area contributed by atoms with Crippen molar-refractivity contribution in [2.24, 2.45) is 0 Å². The molecule has 0 unspecified atom stereocenters. The van der Waals surface area contributed by atoms with Crippen LogP contribution in [0.15, 0.2) is 110 Å². The lowest BCUT2D eigenvalue weighted by molar-refractivity contribution is 1.16. The largest absolute Gasteiger partial charge is 0.309 e. The van der Waals surface area contributed by atoms with Crippen molar-refractivity contribution in [3.63, 3.8) is 0 Å². The molecule has 0 radical (unpaired) electrons. The van der Waals surface area contributed by atoms with E-state index >= 15 is 0 Å². The summed E-state index contributed by atoms with van der Waals surface area (Å²) in [5.74, 6) is 0. The van der Waals surface area contributed by atoms with Crippen molar-refractivity contribution >= 4 is 21.8 Å². The van der Waals surface area contributed by atoms with Gasteiger partial charge in [-0.2, -0.15) is 0 Å². The first-order valence-corrected chi connectivity index (χ1v) is 10.2. The third-order valence-corrected chi connectivity index (χ3v) is 5.71. The van der Waals surface area contributed by atoms with Gasteiger partial charge < -0.3 is 4.57 Å². The number of aromatic nitrogens is 4. The minimum atomic E-state index is 1.10. The fourth-order valence-corrected chi connectivity index (χ4v) is 4.24. The molecule has 0 atom stereocenters. The smallest absolute Gasteiger partial charge is 0.0541 e. The Morgan fingerprint density at radius 3 is 1.29 bits per heavy atom. The van der Waals surface area contributed by atoms with Crippen LogP contribution in [0.5, 0.6) is 0 Å². The second-order valence-electron chi connectivity index (χ2n) is 7.48. The van der Waals surface area contributed by atoms with Crippen molar-refractivity contribution in [1.82, 2.24) is 19.5 Å². The van der Waals surface area contributed by atoms with Gasteiger partial charge in [0.05, 0.1) is 11.0 Å². The fraction of sp³-hybridized carbons (Fsp3) is 0. The standard InChI is InChI=1S/C27H18N4/c1-3-26-24(17-21(1)19-5-11-28-12-6-19)25-18-22(20-7-13-29-14-8-20)2-4-27(25)31(26)23-9-15-30-16-10-23/h1-18H. The highest BCUT2D eigenvalue weighted by Gasteiger charge is 2.14. The number of benzene rings is 2. The van der Waals surface area contributed by atoms with E-state index in [2.05, 4.69) is 55.9 Å². The first-order chi connectivity index (χ1) is 15.4. The van der Waals surface area contributed by atoms with Crippen LogP contribution in [-0.4, -0.2) is 19.5 Å². The molecular weight excluding hydrogens is 380 g/mol. The molecular formula is C27H18N4. The molecule has 0 saturated heterocycles. The lowest BCUT2D eigenvalue weighted by Crippen LogP contribution is -1.93. The van der Waals surface area contributed by atoms with Crippen molar-refractivity contribution in [2.75, 3.05) is 0 Å². The SMILES string of the molecule is c1cc(-c2ccc3c(c2)c2cc(-c4ccncc4)ccc2n3-c2ccncc2)ccn1. The molecule has 4 heteroatoms. The molecule has 0 amide bonds. The Morgan fingerprint density at radius 1 is 0.419 bits per heavy atom. The average molecular weight is 398 g/mol. The normalized spacial score (nSPS) is 11.2.